The van der Waals surface area contributed by atoms with Crippen LogP contribution in [0.5, 0.6) is 0 Å². The number of aromatic nitrogens is 2. The Balaban J connectivity index is 1.57. The van der Waals surface area contributed by atoms with Gasteiger partial charge in [-0.25, -0.2) is 9.97 Å². The fraction of sp³-hybridized carbons (Fsp3) is 0.316. The van der Waals surface area contributed by atoms with Crippen molar-refractivity contribution in [3.05, 3.63) is 45.5 Å². The molecular weight excluding hydrogens is 430 g/mol. The second-order valence-electron chi connectivity index (χ2n) is 6.33. The third-order valence-corrected chi connectivity index (χ3v) is 7.52. The van der Waals surface area contributed by atoms with E-state index in [4.69, 9.17) is 0 Å². The number of halogens is 1. The van der Waals surface area contributed by atoms with Crippen LogP contribution in [0.4, 0.5) is 5.82 Å². The lowest BCUT2D eigenvalue weighted by atomic mass is 9.90. The van der Waals surface area contributed by atoms with Gasteiger partial charge >= 0.3 is 0 Å². The molecule has 134 valence electrons. The quantitative estimate of drug-likeness (QED) is 0.397. The van der Waals surface area contributed by atoms with Crippen molar-refractivity contribution in [1.82, 2.24) is 9.97 Å². The highest BCUT2D eigenvalue weighted by Crippen LogP contribution is 2.38. The fourth-order valence-electron chi connectivity index (χ4n) is 3.58. The zero-order valence-corrected chi connectivity index (χ0v) is 17.5. The maximum atomic E-state index is 11.4. The molecule has 0 spiro atoms. The molecule has 26 heavy (non-hydrogen) atoms. The minimum absolute atomic E-state index is 0.448. The van der Waals surface area contributed by atoms with Crippen LogP contribution in [-0.4, -0.2) is 35.6 Å². The van der Waals surface area contributed by atoms with Gasteiger partial charge in [0, 0.05) is 22.9 Å². The summed E-state index contributed by atoms with van der Waals surface area (Å²) in [5, 5.41) is 1.08. The zero-order chi connectivity index (χ0) is 18.1. The van der Waals surface area contributed by atoms with Crippen molar-refractivity contribution in [3.63, 3.8) is 0 Å². The van der Waals surface area contributed by atoms with E-state index in [1.54, 1.807) is 29.4 Å². The maximum Gasteiger partial charge on any atom is 0.160 e. The number of hydrogen-bond acceptors (Lipinski definition) is 6. The molecule has 1 aromatic carbocycles. The van der Waals surface area contributed by atoms with Gasteiger partial charge in [0.05, 0.1) is 14.6 Å². The highest BCUT2D eigenvalue weighted by Gasteiger charge is 2.25. The molecule has 3 aromatic rings. The number of piperidine rings is 1. The molecule has 0 amide bonds. The number of aldehydes is 1. The van der Waals surface area contributed by atoms with Gasteiger partial charge in [0.2, 0.25) is 0 Å². The number of nitrogens with zero attached hydrogens (tertiary/aromatic N) is 3. The van der Waals surface area contributed by atoms with Crippen LogP contribution in [0.2, 0.25) is 0 Å². The van der Waals surface area contributed by atoms with Crippen LogP contribution in [0.25, 0.3) is 10.9 Å². The second-order valence-corrected chi connectivity index (χ2v) is 9.43. The van der Waals surface area contributed by atoms with E-state index in [0.717, 1.165) is 58.3 Å². The largest absolute Gasteiger partial charge is 0.356 e. The molecule has 1 saturated heterocycles. The molecule has 1 fully saturated rings. The highest BCUT2D eigenvalue weighted by atomic mass is 79.9. The van der Waals surface area contributed by atoms with Crippen LogP contribution in [0.3, 0.4) is 0 Å². The van der Waals surface area contributed by atoms with Crippen LogP contribution < -0.4 is 4.90 Å². The van der Waals surface area contributed by atoms with E-state index in [1.165, 1.54) is 9.77 Å². The summed E-state index contributed by atoms with van der Waals surface area (Å²) in [7, 11) is 0. The first-order valence-electron chi connectivity index (χ1n) is 8.47. The summed E-state index contributed by atoms with van der Waals surface area (Å²) in [5.41, 5.74) is 2.19. The SMILES string of the molecule is CSc1cc(C2CCN(c3ncnc4ccc(Br)cc34)CC2)c(C=O)s1. The van der Waals surface area contributed by atoms with Crippen molar-refractivity contribution >= 4 is 62.0 Å². The molecule has 7 heteroatoms. The van der Waals surface area contributed by atoms with Crippen molar-refractivity contribution in [3.8, 4) is 0 Å². The lowest BCUT2D eigenvalue weighted by molar-refractivity contribution is 0.112. The molecule has 0 atom stereocenters. The summed E-state index contributed by atoms with van der Waals surface area (Å²) < 4.78 is 2.26. The van der Waals surface area contributed by atoms with Gasteiger partial charge in [0.15, 0.2) is 6.29 Å². The van der Waals surface area contributed by atoms with E-state index in [2.05, 4.69) is 49.2 Å². The lowest BCUT2D eigenvalue weighted by Crippen LogP contribution is -2.33. The molecule has 1 aliphatic heterocycles. The molecular formula is C19H18BrN3OS2. The Hall–Kier alpha value is -1.44. The average Bonchev–Trinajstić information content (AvgIpc) is 3.11. The molecule has 2 aromatic heterocycles. The molecule has 0 bridgehead atoms. The van der Waals surface area contributed by atoms with E-state index in [9.17, 15) is 4.79 Å². The predicted molar refractivity (Wildman–Crippen MR) is 113 cm³/mol. The smallest absolute Gasteiger partial charge is 0.160 e. The Kier molecular flexibility index (Phi) is 5.29. The van der Waals surface area contributed by atoms with Crippen LogP contribution >= 0.6 is 39.0 Å². The molecule has 4 rings (SSSR count). The normalized spacial score (nSPS) is 15.5. The first-order chi connectivity index (χ1) is 12.7. The number of carbonyl (C=O) groups excluding carboxylic acids is 1. The fourth-order valence-corrected chi connectivity index (χ4v) is 5.58. The summed E-state index contributed by atoms with van der Waals surface area (Å²) >= 11 is 6.87. The Bertz CT molecular complexity index is 951. The van der Waals surface area contributed by atoms with Crippen molar-refractivity contribution < 1.29 is 4.79 Å². The van der Waals surface area contributed by atoms with Crippen LogP contribution in [0.1, 0.15) is 34.0 Å². The summed E-state index contributed by atoms with van der Waals surface area (Å²) in [6.07, 6.45) is 6.79. The summed E-state index contributed by atoms with van der Waals surface area (Å²) in [6.45, 7) is 1.87. The van der Waals surface area contributed by atoms with Gasteiger partial charge in [0.25, 0.3) is 0 Å². The molecule has 4 nitrogen and oxygen atoms in total. The third-order valence-electron chi connectivity index (χ3n) is 4.89. The number of fused-ring (bicyclic) bond motifs is 1. The predicted octanol–water partition coefficient (Wildman–Crippen LogP) is 5.37. The summed E-state index contributed by atoms with van der Waals surface area (Å²) in [5.74, 6) is 1.45. The summed E-state index contributed by atoms with van der Waals surface area (Å²) in [4.78, 5) is 23.6. The zero-order valence-electron chi connectivity index (χ0n) is 14.3. The maximum absolute atomic E-state index is 11.4. The Morgan fingerprint density at radius 2 is 2.08 bits per heavy atom. The minimum atomic E-state index is 0.448. The molecule has 0 aliphatic carbocycles. The number of thiophene rings is 1. The number of carbonyl (C=O) groups is 1. The van der Waals surface area contributed by atoms with Gasteiger partial charge in [0.1, 0.15) is 12.1 Å². The monoisotopic (exact) mass is 447 g/mol. The second kappa shape index (κ2) is 7.66. The average molecular weight is 448 g/mol. The van der Waals surface area contributed by atoms with Crippen LogP contribution in [0.15, 0.2) is 39.3 Å². The molecule has 3 heterocycles. The van der Waals surface area contributed by atoms with Gasteiger partial charge < -0.3 is 4.90 Å². The van der Waals surface area contributed by atoms with Crippen molar-refractivity contribution in [2.45, 2.75) is 23.0 Å². The number of rotatable bonds is 4. The van der Waals surface area contributed by atoms with E-state index in [0.29, 0.717) is 5.92 Å². The Morgan fingerprint density at radius 3 is 2.81 bits per heavy atom. The standard InChI is InChI=1S/C19H18BrN3OS2/c1-25-18-9-14(17(10-24)26-18)12-4-6-23(7-5-12)19-15-8-13(20)2-3-16(15)21-11-22-19/h2-3,8-12H,4-7H2,1H3. The highest BCUT2D eigenvalue weighted by molar-refractivity contribution is 9.10. The van der Waals surface area contributed by atoms with Gasteiger partial charge in [-0.3, -0.25) is 4.79 Å². The van der Waals surface area contributed by atoms with E-state index in [-0.39, 0.29) is 0 Å². The molecule has 1 aliphatic rings. The number of hydrogen-bond donors (Lipinski definition) is 0. The Morgan fingerprint density at radius 1 is 1.27 bits per heavy atom. The van der Waals surface area contributed by atoms with E-state index < -0.39 is 0 Å². The minimum Gasteiger partial charge on any atom is -0.356 e. The van der Waals surface area contributed by atoms with Crippen molar-refractivity contribution in [2.24, 2.45) is 0 Å². The van der Waals surface area contributed by atoms with Gasteiger partial charge in [-0.15, -0.1) is 23.1 Å². The molecule has 0 radical (unpaired) electrons. The van der Waals surface area contributed by atoms with Crippen molar-refractivity contribution in [1.29, 1.82) is 0 Å². The Labute approximate surface area is 169 Å². The van der Waals surface area contributed by atoms with Gasteiger partial charge in [-0.05, 0) is 54.8 Å². The number of benzene rings is 1. The molecule has 0 N–H and O–H groups in total. The van der Waals surface area contributed by atoms with Crippen LogP contribution in [-0.2, 0) is 0 Å². The van der Waals surface area contributed by atoms with Crippen molar-refractivity contribution in [2.75, 3.05) is 24.2 Å². The number of thioether (sulfide) groups is 1. The number of anilines is 1. The first kappa shape index (κ1) is 17.9. The lowest BCUT2D eigenvalue weighted by Gasteiger charge is -2.33. The topological polar surface area (TPSA) is 46.1 Å². The molecule has 0 unspecified atom stereocenters. The van der Waals surface area contributed by atoms with E-state index >= 15 is 0 Å². The first-order valence-corrected chi connectivity index (χ1v) is 11.3. The van der Waals surface area contributed by atoms with Crippen LogP contribution in [0, 0.1) is 0 Å². The van der Waals surface area contributed by atoms with Gasteiger partial charge in [-0.2, -0.15) is 0 Å². The summed E-state index contributed by atoms with van der Waals surface area (Å²) in [6, 6.07) is 8.32. The van der Waals surface area contributed by atoms with E-state index in [1.807, 2.05) is 12.1 Å². The van der Waals surface area contributed by atoms with Gasteiger partial charge in [-0.1, -0.05) is 15.9 Å². The third kappa shape index (κ3) is 3.40. The molecule has 0 saturated carbocycles.